The number of anilines is 4. The van der Waals surface area contributed by atoms with Crippen LogP contribution in [0.5, 0.6) is 0 Å². The smallest absolute Gasteiger partial charge is 0.339 e. The van der Waals surface area contributed by atoms with Crippen LogP contribution in [0.3, 0.4) is 0 Å². The van der Waals surface area contributed by atoms with E-state index in [1.54, 1.807) is 36.4 Å². The van der Waals surface area contributed by atoms with E-state index in [1.807, 2.05) is 0 Å². The summed E-state index contributed by atoms with van der Waals surface area (Å²) in [5.41, 5.74) is 12.1. The van der Waals surface area contributed by atoms with Crippen molar-refractivity contribution in [3.05, 3.63) is 108 Å². The molecule has 6 N–H and O–H groups in total. The van der Waals surface area contributed by atoms with Crippen LogP contribution in [-0.2, 0) is 9.47 Å². The highest BCUT2D eigenvalue weighted by atomic mass is 16.5. The Morgan fingerprint density at radius 1 is 0.658 bits per heavy atom. The Bertz CT molecular complexity index is 1310. The average molecular weight is 515 g/mol. The normalized spacial score (nSPS) is 10.1. The molecule has 0 aliphatic rings. The van der Waals surface area contributed by atoms with E-state index in [4.69, 9.17) is 20.9 Å². The highest BCUT2D eigenvalue weighted by molar-refractivity contribution is 6.17. The van der Waals surface area contributed by atoms with Crippen LogP contribution in [0, 0.1) is 0 Å². The molecule has 0 unspecified atom stereocenters. The Labute approximate surface area is 218 Å². The molecule has 0 spiro atoms. The molecule has 194 valence electrons. The van der Waals surface area contributed by atoms with Crippen LogP contribution in [0.1, 0.15) is 41.4 Å². The summed E-state index contributed by atoms with van der Waals surface area (Å²) in [5, 5.41) is 5.25. The van der Waals surface area contributed by atoms with Gasteiger partial charge in [-0.1, -0.05) is 37.4 Å². The lowest BCUT2D eigenvalue weighted by molar-refractivity contribution is 0.0532. The van der Waals surface area contributed by atoms with E-state index >= 15 is 0 Å². The van der Waals surface area contributed by atoms with Gasteiger partial charge in [0, 0.05) is 22.7 Å². The number of hydrogen-bond acceptors (Lipinski definition) is 8. The summed E-state index contributed by atoms with van der Waals surface area (Å²) in [7, 11) is 0. The second kappa shape index (κ2) is 12.5. The Morgan fingerprint density at radius 3 is 1.39 bits per heavy atom. The summed E-state index contributed by atoms with van der Waals surface area (Å²) in [6.07, 6.45) is 2.69. The first-order valence-electron chi connectivity index (χ1n) is 11.3. The number of carbonyl (C=O) groups excluding carboxylic acids is 4. The summed E-state index contributed by atoms with van der Waals surface area (Å²) in [6.45, 7) is 6.70. The molecule has 0 fully saturated rings. The maximum absolute atomic E-state index is 13.3. The fourth-order valence-corrected chi connectivity index (χ4v) is 3.37. The molecule has 10 heteroatoms. The average Bonchev–Trinajstić information content (AvgIpc) is 2.89. The summed E-state index contributed by atoms with van der Waals surface area (Å²) in [5.74, 6) is -3.32. The fraction of sp³-hybridized carbons (Fsp3) is 0.0714. The standard InChI is InChI=1S/C28H26N4O6/c1-3-11-37-27(35)23-15-22(26(34)32-20-10-6-8-18(30)14-20)24(28(36)38-12-4-2)16-21(23)25(33)31-19-9-5-7-17(29)13-19/h3-10,13-16H,1-2,11-12,29-30H2,(H,31,33)(H,32,34). The number of benzene rings is 3. The number of nitrogens with two attached hydrogens (primary N) is 2. The maximum Gasteiger partial charge on any atom is 0.339 e. The Morgan fingerprint density at radius 2 is 1.05 bits per heavy atom. The molecule has 0 radical (unpaired) electrons. The molecule has 0 saturated heterocycles. The predicted molar refractivity (Wildman–Crippen MR) is 145 cm³/mol. The van der Waals surface area contributed by atoms with E-state index in [9.17, 15) is 19.2 Å². The third-order valence-corrected chi connectivity index (χ3v) is 5.04. The number of amides is 2. The summed E-state index contributed by atoms with van der Waals surface area (Å²) in [4.78, 5) is 52.4. The van der Waals surface area contributed by atoms with Crippen LogP contribution in [0.15, 0.2) is 86.0 Å². The minimum Gasteiger partial charge on any atom is -0.458 e. The van der Waals surface area contributed by atoms with E-state index in [-0.39, 0.29) is 35.5 Å². The zero-order valence-corrected chi connectivity index (χ0v) is 20.4. The van der Waals surface area contributed by atoms with Crippen molar-refractivity contribution in [1.29, 1.82) is 0 Å². The molecule has 2 amide bonds. The lowest BCUT2D eigenvalue weighted by atomic mass is 9.96. The van der Waals surface area contributed by atoms with Crippen LogP contribution in [0.2, 0.25) is 0 Å². The van der Waals surface area contributed by atoms with E-state index < -0.39 is 23.8 Å². The number of carbonyl (C=O) groups is 4. The molecule has 0 aliphatic heterocycles. The third kappa shape index (κ3) is 6.85. The van der Waals surface area contributed by atoms with Gasteiger partial charge < -0.3 is 31.6 Å². The van der Waals surface area contributed by atoms with E-state index in [0.29, 0.717) is 22.7 Å². The zero-order chi connectivity index (χ0) is 27.7. The number of nitrogen functional groups attached to an aromatic ring is 2. The molecule has 10 nitrogen and oxygen atoms in total. The predicted octanol–water partition coefficient (Wildman–Crippen LogP) is 4.04. The van der Waals surface area contributed by atoms with Crippen LogP contribution >= 0.6 is 0 Å². The van der Waals surface area contributed by atoms with Gasteiger partial charge in [-0.05, 0) is 48.5 Å². The van der Waals surface area contributed by atoms with Crippen molar-refractivity contribution in [2.45, 2.75) is 0 Å². The topological polar surface area (TPSA) is 163 Å². The molecule has 0 atom stereocenters. The van der Waals surface area contributed by atoms with Gasteiger partial charge in [-0.2, -0.15) is 0 Å². The number of esters is 2. The first-order chi connectivity index (χ1) is 18.2. The van der Waals surface area contributed by atoms with Gasteiger partial charge in [0.1, 0.15) is 13.2 Å². The minimum absolute atomic E-state index is 0.150. The Kier molecular flexibility index (Phi) is 8.98. The first-order valence-corrected chi connectivity index (χ1v) is 11.3. The second-order valence-corrected chi connectivity index (χ2v) is 7.88. The molecule has 0 aromatic heterocycles. The molecule has 0 saturated carbocycles. The van der Waals surface area contributed by atoms with E-state index in [2.05, 4.69) is 23.8 Å². The molecule has 0 aliphatic carbocycles. The minimum atomic E-state index is -0.911. The van der Waals surface area contributed by atoms with Crippen LogP contribution < -0.4 is 22.1 Å². The number of hydrogen-bond donors (Lipinski definition) is 4. The number of rotatable bonds is 10. The highest BCUT2D eigenvalue weighted by Crippen LogP contribution is 2.24. The Balaban J connectivity index is 2.13. The van der Waals surface area contributed by atoms with Gasteiger partial charge >= 0.3 is 11.9 Å². The van der Waals surface area contributed by atoms with E-state index in [0.717, 1.165) is 12.1 Å². The van der Waals surface area contributed by atoms with Crippen molar-refractivity contribution in [2.75, 3.05) is 35.3 Å². The maximum atomic E-state index is 13.3. The largest absolute Gasteiger partial charge is 0.458 e. The quantitative estimate of drug-likeness (QED) is 0.179. The van der Waals surface area contributed by atoms with Gasteiger partial charge in [0.05, 0.1) is 22.3 Å². The van der Waals surface area contributed by atoms with Crippen molar-refractivity contribution >= 4 is 46.5 Å². The molecule has 3 aromatic rings. The van der Waals surface area contributed by atoms with Crippen molar-refractivity contribution in [3.63, 3.8) is 0 Å². The third-order valence-electron chi connectivity index (χ3n) is 5.04. The van der Waals surface area contributed by atoms with Crippen LogP contribution in [-0.4, -0.2) is 37.0 Å². The second-order valence-electron chi connectivity index (χ2n) is 7.88. The van der Waals surface area contributed by atoms with E-state index in [1.165, 1.54) is 24.3 Å². The lowest BCUT2D eigenvalue weighted by Gasteiger charge is -2.16. The van der Waals surface area contributed by atoms with Crippen LogP contribution in [0.4, 0.5) is 22.7 Å². The van der Waals surface area contributed by atoms with Crippen molar-refractivity contribution in [3.8, 4) is 0 Å². The van der Waals surface area contributed by atoms with Gasteiger partial charge in [0.25, 0.3) is 11.8 Å². The van der Waals surface area contributed by atoms with Gasteiger partial charge in [-0.3, -0.25) is 9.59 Å². The van der Waals surface area contributed by atoms with Crippen molar-refractivity contribution in [2.24, 2.45) is 0 Å². The molecular formula is C28H26N4O6. The molecule has 0 bridgehead atoms. The van der Waals surface area contributed by atoms with Gasteiger partial charge in [0.2, 0.25) is 0 Å². The van der Waals surface area contributed by atoms with Gasteiger partial charge in [0.15, 0.2) is 0 Å². The number of ether oxygens (including phenoxy) is 2. The lowest BCUT2D eigenvalue weighted by Crippen LogP contribution is -2.24. The van der Waals surface area contributed by atoms with Crippen molar-refractivity contribution < 1.29 is 28.7 Å². The number of nitrogens with one attached hydrogen (secondary N) is 2. The summed E-state index contributed by atoms with van der Waals surface area (Å²) >= 11 is 0. The SMILES string of the molecule is C=CCOC(=O)c1cc(C(=O)Nc2cccc(N)c2)c(C(=O)OCC=C)cc1C(=O)Nc1cccc(N)c1. The van der Waals surface area contributed by atoms with Crippen molar-refractivity contribution in [1.82, 2.24) is 0 Å². The summed E-state index contributed by atoms with van der Waals surface area (Å²) in [6, 6.07) is 15.0. The molecule has 3 aromatic carbocycles. The zero-order valence-electron chi connectivity index (χ0n) is 20.4. The van der Waals surface area contributed by atoms with Gasteiger partial charge in [-0.25, -0.2) is 9.59 Å². The molecule has 0 heterocycles. The van der Waals surface area contributed by atoms with Gasteiger partial charge in [-0.15, -0.1) is 0 Å². The van der Waals surface area contributed by atoms with Crippen LogP contribution in [0.25, 0.3) is 0 Å². The molecule has 38 heavy (non-hydrogen) atoms. The molecule has 3 rings (SSSR count). The monoisotopic (exact) mass is 514 g/mol. The fourth-order valence-electron chi connectivity index (χ4n) is 3.37. The first kappa shape index (κ1) is 27.2. The highest BCUT2D eigenvalue weighted by Gasteiger charge is 2.27. The summed E-state index contributed by atoms with van der Waals surface area (Å²) < 4.78 is 10.3. The molecular weight excluding hydrogens is 488 g/mol. The Hall–Kier alpha value is -5.38.